The Morgan fingerprint density at radius 1 is 1.00 bits per heavy atom. The Morgan fingerprint density at radius 3 is 2.27 bits per heavy atom. The van der Waals surface area contributed by atoms with Crippen LogP contribution >= 0.6 is 0 Å². The maximum Gasteiger partial charge on any atom is 0.129 e. The first-order valence-electron chi connectivity index (χ1n) is 5.31. The highest BCUT2D eigenvalue weighted by atomic mass is 19.1. The third kappa shape index (κ3) is 4.77. The summed E-state index contributed by atoms with van der Waals surface area (Å²) in [5.74, 6) is -0.930. The minimum Gasteiger partial charge on any atom is -0.493 e. The Morgan fingerprint density at radius 2 is 1.67 bits per heavy atom. The van der Waals surface area contributed by atoms with Gasteiger partial charge in [0.05, 0.1) is 6.61 Å². The van der Waals surface area contributed by atoms with E-state index in [0.717, 1.165) is 25.3 Å². The van der Waals surface area contributed by atoms with Crippen LogP contribution in [-0.2, 0) is 0 Å². The fourth-order valence-corrected chi connectivity index (χ4v) is 1.33. The molecule has 1 nitrogen and oxygen atoms in total. The number of ether oxygens (including phenoxy) is 1. The van der Waals surface area contributed by atoms with E-state index in [0.29, 0.717) is 6.61 Å². The number of unbranched alkanes of at least 4 members (excludes halogenated alkanes) is 3. The molecule has 1 rings (SSSR count). The van der Waals surface area contributed by atoms with Gasteiger partial charge in [-0.15, -0.1) is 0 Å². The molecule has 0 aliphatic heterocycles. The topological polar surface area (TPSA) is 9.23 Å². The molecular weight excluding hydrogens is 198 g/mol. The maximum atomic E-state index is 12.7. The Balaban J connectivity index is 2.31. The van der Waals surface area contributed by atoms with Crippen molar-refractivity contribution in [2.24, 2.45) is 0 Å². The van der Waals surface area contributed by atoms with Gasteiger partial charge in [-0.25, -0.2) is 8.78 Å². The van der Waals surface area contributed by atoms with Gasteiger partial charge < -0.3 is 4.74 Å². The van der Waals surface area contributed by atoms with E-state index >= 15 is 0 Å². The second-order valence-electron chi connectivity index (χ2n) is 3.51. The molecule has 0 fully saturated rings. The van der Waals surface area contributed by atoms with Gasteiger partial charge in [-0.05, 0) is 6.42 Å². The minimum atomic E-state index is -0.599. The average molecular weight is 214 g/mol. The van der Waals surface area contributed by atoms with E-state index in [1.54, 1.807) is 0 Å². The summed E-state index contributed by atoms with van der Waals surface area (Å²) >= 11 is 0. The van der Waals surface area contributed by atoms with Gasteiger partial charge in [-0.2, -0.15) is 0 Å². The minimum absolute atomic E-state index is 0.268. The second-order valence-corrected chi connectivity index (χ2v) is 3.51. The van der Waals surface area contributed by atoms with Crippen LogP contribution in [0.1, 0.15) is 32.6 Å². The molecule has 0 bridgehead atoms. The lowest BCUT2D eigenvalue weighted by molar-refractivity contribution is 0.302. The van der Waals surface area contributed by atoms with Gasteiger partial charge in [0.25, 0.3) is 0 Å². The van der Waals surface area contributed by atoms with Gasteiger partial charge in [0.2, 0.25) is 0 Å². The summed E-state index contributed by atoms with van der Waals surface area (Å²) in [7, 11) is 0. The number of hydrogen-bond donors (Lipinski definition) is 0. The zero-order valence-corrected chi connectivity index (χ0v) is 8.93. The zero-order valence-electron chi connectivity index (χ0n) is 8.93. The molecule has 0 saturated heterocycles. The molecule has 0 heterocycles. The molecule has 0 saturated carbocycles. The van der Waals surface area contributed by atoms with E-state index in [4.69, 9.17) is 4.74 Å². The SMILES string of the molecule is CCCCCCOc1cc(F)cc(F)c1. The second kappa shape index (κ2) is 6.38. The lowest BCUT2D eigenvalue weighted by Crippen LogP contribution is -1.98. The molecule has 0 radical (unpaired) electrons. The molecule has 3 heteroatoms. The normalized spacial score (nSPS) is 10.3. The van der Waals surface area contributed by atoms with Gasteiger partial charge in [0, 0.05) is 18.2 Å². The van der Waals surface area contributed by atoms with Crippen LogP contribution in [0.3, 0.4) is 0 Å². The standard InChI is InChI=1S/C12H16F2O/c1-2-3-4-5-6-15-12-8-10(13)7-11(14)9-12/h7-9H,2-6H2,1H3. The Hall–Kier alpha value is -1.12. The van der Waals surface area contributed by atoms with Crippen molar-refractivity contribution in [1.82, 2.24) is 0 Å². The molecule has 84 valence electrons. The van der Waals surface area contributed by atoms with Crippen molar-refractivity contribution in [2.75, 3.05) is 6.61 Å². The predicted molar refractivity (Wildman–Crippen MR) is 56.0 cm³/mol. The summed E-state index contributed by atoms with van der Waals surface area (Å²) in [6, 6.07) is 3.23. The van der Waals surface area contributed by atoms with Crippen LogP contribution in [0.25, 0.3) is 0 Å². The summed E-state index contributed by atoms with van der Waals surface area (Å²) in [6.07, 6.45) is 4.34. The van der Waals surface area contributed by atoms with E-state index in [-0.39, 0.29) is 5.75 Å². The number of hydrogen-bond acceptors (Lipinski definition) is 1. The summed E-state index contributed by atoms with van der Waals surface area (Å²) in [5.41, 5.74) is 0. The number of benzene rings is 1. The molecule has 0 aliphatic rings. The first-order valence-corrected chi connectivity index (χ1v) is 5.31. The Labute approximate surface area is 89.1 Å². The van der Waals surface area contributed by atoms with E-state index in [9.17, 15) is 8.78 Å². The highest BCUT2D eigenvalue weighted by Gasteiger charge is 2.00. The van der Waals surface area contributed by atoms with Crippen LogP contribution in [0.15, 0.2) is 18.2 Å². The summed E-state index contributed by atoms with van der Waals surface area (Å²) in [4.78, 5) is 0. The van der Waals surface area contributed by atoms with Crippen molar-refractivity contribution in [3.63, 3.8) is 0 Å². The zero-order chi connectivity index (χ0) is 11.1. The van der Waals surface area contributed by atoms with E-state index in [1.165, 1.54) is 18.6 Å². The molecule has 1 aromatic carbocycles. The van der Waals surface area contributed by atoms with Crippen molar-refractivity contribution in [3.05, 3.63) is 29.8 Å². The van der Waals surface area contributed by atoms with Gasteiger partial charge in [0.15, 0.2) is 0 Å². The molecule has 0 aromatic heterocycles. The lowest BCUT2D eigenvalue weighted by atomic mass is 10.2. The van der Waals surface area contributed by atoms with Crippen molar-refractivity contribution in [3.8, 4) is 5.75 Å². The van der Waals surface area contributed by atoms with Gasteiger partial charge in [-0.3, -0.25) is 0 Å². The number of rotatable bonds is 6. The van der Waals surface area contributed by atoms with Crippen LogP contribution < -0.4 is 4.74 Å². The van der Waals surface area contributed by atoms with Crippen LogP contribution in [0, 0.1) is 11.6 Å². The molecule has 0 amide bonds. The molecule has 1 aromatic rings. The first kappa shape index (κ1) is 12.0. The molecule has 0 unspecified atom stereocenters. The Bertz CT molecular complexity index is 279. The van der Waals surface area contributed by atoms with Crippen LogP contribution in [-0.4, -0.2) is 6.61 Å². The van der Waals surface area contributed by atoms with Crippen molar-refractivity contribution < 1.29 is 13.5 Å². The fraction of sp³-hybridized carbons (Fsp3) is 0.500. The largest absolute Gasteiger partial charge is 0.493 e. The molecule has 0 aliphatic carbocycles. The highest BCUT2D eigenvalue weighted by Crippen LogP contribution is 2.15. The lowest BCUT2D eigenvalue weighted by Gasteiger charge is -2.05. The van der Waals surface area contributed by atoms with Crippen LogP contribution in [0.5, 0.6) is 5.75 Å². The summed E-state index contributed by atoms with van der Waals surface area (Å²) in [5, 5.41) is 0. The van der Waals surface area contributed by atoms with E-state index in [1.807, 2.05) is 0 Å². The van der Waals surface area contributed by atoms with E-state index < -0.39 is 11.6 Å². The molecular formula is C12H16F2O. The predicted octanol–water partition coefficient (Wildman–Crippen LogP) is 3.92. The molecule has 15 heavy (non-hydrogen) atoms. The molecule has 0 N–H and O–H groups in total. The monoisotopic (exact) mass is 214 g/mol. The quantitative estimate of drug-likeness (QED) is 0.652. The van der Waals surface area contributed by atoms with Gasteiger partial charge in [-0.1, -0.05) is 26.2 Å². The van der Waals surface area contributed by atoms with Crippen molar-refractivity contribution in [2.45, 2.75) is 32.6 Å². The van der Waals surface area contributed by atoms with Gasteiger partial charge in [0.1, 0.15) is 17.4 Å². The van der Waals surface area contributed by atoms with E-state index in [2.05, 4.69) is 6.92 Å². The van der Waals surface area contributed by atoms with Crippen molar-refractivity contribution in [1.29, 1.82) is 0 Å². The highest BCUT2D eigenvalue weighted by molar-refractivity contribution is 5.23. The Kier molecular flexibility index (Phi) is 5.08. The summed E-state index contributed by atoms with van der Waals surface area (Å²) in [6.45, 7) is 2.64. The van der Waals surface area contributed by atoms with Crippen molar-refractivity contribution >= 4 is 0 Å². The fourth-order valence-electron chi connectivity index (χ4n) is 1.33. The molecule has 0 spiro atoms. The third-order valence-corrected chi connectivity index (χ3v) is 2.10. The number of halogens is 2. The van der Waals surface area contributed by atoms with Crippen LogP contribution in [0.4, 0.5) is 8.78 Å². The smallest absolute Gasteiger partial charge is 0.129 e. The van der Waals surface area contributed by atoms with Gasteiger partial charge >= 0.3 is 0 Å². The third-order valence-electron chi connectivity index (χ3n) is 2.10. The summed E-state index contributed by atoms with van der Waals surface area (Å²) < 4.78 is 30.7. The first-order chi connectivity index (χ1) is 7.22. The average Bonchev–Trinajstić information content (AvgIpc) is 2.16. The maximum absolute atomic E-state index is 12.7. The van der Waals surface area contributed by atoms with Crippen LogP contribution in [0.2, 0.25) is 0 Å². The molecule has 0 atom stereocenters.